The highest BCUT2D eigenvalue weighted by atomic mass is 79.9. The minimum absolute atomic E-state index is 0.363. The van der Waals surface area contributed by atoms with Crippen LogP contribution in [0.5, 0.6) is 0 Å². The number of carbonyl (C=O) groups is 1. The second-order valence-electron chi connectivity index (χ2n) is 7.81. The van der Waals surface area contributed by atoms with Gasteiger partial charge in [-0.1, -0.05) is 15.9 Å². The van der Waals surface area contributed by atoms with Crippen molar-refractivity contribution in [3.63, 3.8) is 0 Å². The Labute approximate surface area is 131 Å². The highest BCUT2D eigenvalue weighted by Crippen LogP contribution is 2.60. The van der Waals surface area contributed by atoms with E-state index < -0.39 is 0 Å². The zero-order chi connectivity index (χ0) is 14.2. The van der Waals surface area contributed by atoms with E-state index in [1.165, 1.54) is 38.5 Å². The van der Waals surface area contributed by atoms with Crippen molar-refractivity contribution >= 4 is 21.8 Å². The minimum Gasteiger partial charge on any atom is -0.345 e. The first-order valence-corrected chi connectivity index (χ1v) is 9.52. The Morgan fingerprint density at radius 2 is 1.65 bits per heavy atom. The largest absolute Gasteiger partial charge is 0.345 e. The highest BCUT2D eigenvalue weighted by Gasteiger charge is 2.51. The Kier molecular flexibility index (Phi) is 4.45. The Hall–Kier alpha value is -0.0500. The summed E-state index contributed by atoms with van der Waals surface area (Å²) in [4.78, 5) is 14.3. The van der Waals surface area contributed by atoms with Crippen molar-refractivity contribution in [2.24, 2.45) is 23.2 Å². The molecular formula is C17H28BrNO. The van der Waals surface area contributed by atoms with E-state index in [1.807, 2.05) is 7.05 Å². The molecule has 4 rings (SSSR count). The zero-order valence-corrected chi connectivity index (χ0v) is 14.3. The highest BCUT2D eigenvalue weighted by molar-refractivity contribution is 9.09. The Morgan fingerprint density at radius 3 is 2.15 bits per heavy atom. The smallest absolute Gasteiger partial charge is 0.222 e. The molecule has 0 unspecified atom stereocenters. The molecule has 1 amide bonds. The predicted molar refractivity (Wildman–Crippen MR) is 85.9 cm³/mol. The normalized spacial score (nSPS) is 38.2. The van der Waals surface area contributed by atoms with Crippen LogP contribution in [0.2, 0.25) is 0 Å². The van der Waals surface area contributed by atoms with E-state index in [9.17, 15) is 4.79 Å². The first kappa shape index (κ1) is 14.9. The van der Waals surface area contributed by atoms with E-state index in [-0.39, 0.29) is 0 Å². The van der Waals surface area contributed by atoms with Crippen molar-refractivity contribution in [2.75, 3.05) is 18.9 Å². The van der Waals surface area contributed by atoms with Crippen LogP contribution in [0.3, 0.4) is 0 Å². The predicted octanol–water partition coefficient (Wildman–Crippen LogP) is 4.23. The summed E-state index contributed by atoms with van der Waals surface area (Å²) in [7, 11) is 2.04. The number of amides is 1. The van der Waals surface area contributed by atoms with Crippen LogP contribution < -0.4 is 0 Å². The van der Waals surface area contributed by atoms with Crippen molar-refractivity contribution in [1.82, 2.24) is 4.90 Å². The maximum Gasteiger partial charge on any atom is 0.222 e. The van der Waals surface area contributed by atoms with E-state index in [1.54, 1.807) is 0 Å². The number of carbonyl (C=O) groups excluding carboxylic acids is 1. The molecule has 4 aliphatic rings. The molecule has 0 aliphatic heterocycles. The lowest BCUT2D eigenvalue weighted by molar-refractivity contribution is -0.135. The average Bonchev–Trinajstić information content (AvgIpc) is 2.36. The maximum absolute atomic E-state index is 12.3. The summed E-state index contributed by atoms with van der Waals surface area (Å²) in [5.41, 5.74) is 0.495. The van der Waals surface area contributed by atoms with Gasteiger partial charge in [0.2, 0.25) is 5.91 Å². The molecule has 114 valence electrons. The number of halogens is 1. The molecule has 20 heavy (non-hydrogen) atoms. The van der Waals surface area contributed by atoms with E-state index in [4.69, 9.17) is 0 Å². The molecule has 0 saturated heterocycles. The average molecular weight is 342 g/mol. The molecule has 0 aromatic rings. The third-order valence-corrected chi connectivity index (χ3v) is 6.50. The number of rotatable bonds is 6. The molecule has 4 saturated carbocycles. The third-order valence-electron chi connectivity index (χ3n) is 5.94. The molecule has 0 spiro atoms. The first-order valence-electron chi connectivity index (χ1n) is 8.40. The van der Waals surface area contributed by atoms with Crippen molar-refractivity contribution in [3.05, 3.63) is 0 Å². The van der Waals surface area contributed by atoms with Gasteiger partial charge in [0, 0.05) is 25.3 Å². The molecule has 3 heteroatoms. The number of alkyl halides is 1. The van der Waals surface area contributed by atoms with Crippen LogP contribution in [-0.2, 0) is 4.79 Å². The molecule has 0 aromatic carbocycles. The van der Waals surface area contributed by atoms with Gasteiger partial charge in [-0.15, -0.1) is 0 Å². The summed E-state index contributed by atoms with van der Waals surface area (Å²) in [6, 6.07) is 0. The van der Waals surface area contributed by atoms with Gasteiger partial charge in [-0.05, 0) is 74.5 Å². The van der Waals surface area contributed by atoms with Crippen LogP contribution in [0.25, 0.3) is 0 Å². The lowest BCUT2D eigenvalue weighted by Crippen LogP contribution is -2.51. The van der Waals surface area contributed by atoms with Crippen LogP contribution >= 0.6 is 15.9 Å². The first-order chi connectivity index (χ1) is 9.60. The molecule has 0 atom stereocenters. The summed E-state index contributed by atoms with van der Waals surface area (Å²) in [6.45, 7) is 1.03. The number of unbranched alkanes of at least 4 members (excludes halogenated alkanes) is 1. The zero-order valence-electron chi connectivity index (χ0n) is 12.7. The van der Waals surface area contributed by atoms with Crippen molar-refractivity contribution in [2.45, 2.75) is 57.8 Å². The number of nitrogens with zero attached hydrogens (tertiary/aromatic N) is 1. The van der Waals surface area contributed by atoms with Crippen molar-refractivity contribution in [3.8, 4) is 0 Å². The van der Waals surface area contributed by atoms with Crippen molar-refractivity contribution < 1.29 is 4.79 Å². The van der Waals surface area contributed by atoms with Gasteiger partial charge in [0.1, 0.15) is 0 Å². The van der Waals surface area contributed by atoms with Gasteiger partial charge in [-0.3, -0.25) is 4.79 Å². The monoisotopic (exact) mass is 341 g/mol. The molecule has 0 N–H and O–H groups in total. The van der Waals surface area contributed by atoms with E-state index >= 15 is 0 Å². The van der Waals surface area contributed by atoms with Gasteiger partial charge in [-0.25, -0.2) is 0 Å². The number of hydrogen-bond acceptors (Lipinski definition) is 1. The van der Waals surface area contributed by atoms with Crippen LogP contribution in [0, 0.1) is 23.2 Å². The summed E-state index contributed by atoms with van der Waals surface area (Å²) in [5.74, 6) is 3.32. The summed E-state index contributed by atoms with van der Waals surface area (Å²) < 4.78 is 0. The molecule has 2 nitrogen and oxygen atoms in total. The molecule has 0 heterocycles. The Morgan fingerprint density at radius 1 is 1.10 bits per heavy atom. The van der Waals surface area contributed by atoms with Crippen LogP contribution in [0.4, 0.5) is 0 Å². The lowest BCUT2D eigenvalue weighted by atomic mass is 9.49. The molecule has 4 bridgehead atoms. The quantitative estimate of drug-likeness (QED) is 0.523. The molecule has 0 radical (unpaired) electrons. The van der Waals surface area contributed by atoms with Gasteiger partial charge in [-0.2, -0.15) is 0 Å². The van der Waals surface area contributed by atoms with Crippen LogP contribution in [0.15, 0.2) is 0 Å². The van der Waals surface area contributed by atoms with Gasteiger partial charge in [0.05, 0.1) is 0 Å². The summed E-state index contributed by atoms with van der Waals surface area (Å²) in [6.07, 6.45) is 11.5. The van der Waals surface area contributed by atoms with E-state index in [0.717, 1.165) is 48.9 Å². The second-order valence-corrected chi connectivity index (χ2v) is 8.61. The molecular weight excluding hydrogens is 314 g/mol. The minimum atomic E-state index is 0.363. The van der Waals surface area contributed by atoms with Crippen molar-refractivity contribution in [1.29, 1.82) is 0 Å². The maximum atomic E-state index is 12.3. The summed E-state index contributed by atoms with van der Waals surface area (Å²) in [5, 5.41) is 1.01. The molecule has 0 aromatic heterocycles. The van der Waals surface area contributed by atoms with E-state index in [0.29, 0.717) is 11.3 Å². The van der Waals surface area contributed by atoms with Gasteiger partial charge < -0.3 is 4.90 Å². The fourth-order valence-corrected chi connectivity index (χ4v) is 6.03. The summed E-state index contributed by atoms with van der Waals surface area (Å²) >= 11 is 3.44. The molecule has 4 fully saturated rings. The topological polar surface area (TPSA) is 20.3 Å². The van der Waals surface area contributed by atoms with Crippen LogP contribution in [0.1, 0.15) is 57.8 Å². The third kappa shape index (κ3) is 3.08. The molecule has 4 aliphatic carbocycles. The Balaban J connectivity index is 1.55. The lowest BCUT2D eigenvalue weighted by Gasteiger charge is -2.57. The second kappa shape index (κ2) is 5.98. The van der Waals surface area contributed by atoms with Gasteiger partial charge in [0.25, 0.3) is 0 Å². The number of hydrogen-bond donors (Lipinski definition) is 0. The van der Waals surface area contributed by atoms with Crippen LogP contribution in [-0.4, -0.2) is 29.7 Å². The van der Waals surface area contributed by atoms with E-state index in [2.05, 4.69) is 20.8 Å². The SMILES string of the molecule is CN(CC12CC3CC(CC(C3)C1)C2)C(=O)CCCCBr. The fraction of sp³-hybridized carbons (Fsp3) is 0.941. The van der Waals surface area contributed by atoms with Gasteiger partial charge >= 0.3 is 0 Å². The Bertz CT molecular complexity index is 333. The fourth-order valence-electron chi connectivity index (χ4n) is 5.64. The standard InChI is InChI=1S/C17H28BrNO/c1-19(16(20)4-2-3-5-18)12-17-9-13-6-14(10-17)8-15(7-13)11-17/h13-15H,2-12H2,1H3. The van der Waals surface area contributed by atoms with Gasteiger partial charge in [0.15, 0.2) is 0 Å².